The van der Waals surface area contributed by atoms with Crippen LogP contribution < -0.4 is 5.32 Å². The third-order valence-corrected chi connectivity index (χ3v) is 4.62. The molecule has 2 aromatic carbocycles. The summed E-state index contributed by atoms with van der Waals surface area (Å²) in [7, 11) is 0. The van der Waals surface area contributed by atoms with E-state index in [0.29, 0.717) is 16.5 Å². The Hall–Kier alpha value is -3.23. The van der Waals surface area contributed by atoms with Gasteiger partial charge in [0, 0.05) is 16.7 Å². The number of nitrogens with zero attached hydrogens (tertiary/aromatic N) is 1. The van der Waals surface area contributed by atoms with Gasteiger partial charge in [0.2, 0.25) is 0 Å². The predicted octanol–water partition coefficient (Wildman–Crippen LogP) is 5.59. The van der Waals surface area contributed by atoms with Crippen molar-refractivity contribution in [2.24, 2.45) is 0 Å². The fourth-order valence-corrected chi connectivity index (χ4v) is 3.41. The average molecular weight is 374 g/mol. The predicted molar refractivity (Wildman–Crippen MR) is 107 cm³/mol. The first kappa shape index (κ1) is 18.6. The molecule has 1 N–H and O–H groups in total. The summed E-state index contributed by atoms with van der Waals surface area (Å²) in [5.74, 6) is -0.00304. The van der Waals surface area contributed by atoms with Gasteiger partial charge < -0.3 is 9.73 Å². The van der Waals surface area contributed by atoms with Crippen molar-refractivity contribution in [3.05, 3.63) is 83.1 Å². The van der Waals surface area contributed by atoms with Crippen LogP contribution in [-0.2, 0) is 4.79 Å². The molecule has 0 aliphatic carbocycles. The number of furan rings is 1. The van der Waals surface area contributed by atoms with Crippen LogP contribution in [0.2, 0.25) is 0 Å². The Kier molecular flexibility index (Phi) is 5.80. The second-order valence-electron chi connectivity index (χ2n) is 6.07. The highest BCUT2D eigenvalue weighted by atomic mass is 32.2. The molecule has 3 rings (SSSR count). The molecule has 0 atom stereocenters. The van der Waals surface area contributed by atoms with Gasteiger partial charge in [-0.05, 0) is 61.4 Å². The Morgan fingerprint density at radius 3 is 2.44 bits per heavy atom. The Morgan fingerprint density at radius 1 is 1.07 bits per heavy atom. The Bertz CT molecular complexity index is 1010. The van der Waals surface area contributed by atoms with E-state index in [2.05, 4.69) is 5.32 Å². The molecule has 0 fully saturated rings. The minimum absolute atomic E-state index is 0.0141. The van der Waals surface area contributed by atoms with E-state index in [-0.39, 0.29) is 5.57 Å². The maximum atomic E-state index is 12.4. The number of rotatable bonds is 5. The summed E-state index contributed by atoms with van der Waals surface area (Å²) in [5, 5.41) is 12.8. The zero-order valence-electron chi connectivity index (χ0n) is 15.0. The molecule has 1 aromatic heterocycles. The number of benzene rings is 2. The normalized spacial score (nSPS) is 11.1. The zero-order valence-corrected chi connectivity index (χ0v) is 15.8. The Balaban J connectivity index is 1.74. The molecule has 134 valence electrons. The van der Waals surface area contributed by atoms with Crippen LogP contribution in [0.3, 0.4) is 0 Å². The number of carbonyl (C=O) groups excluding carboxylic acids is 1. The SMILES string of the molecule is Cc1cc(C)cc(NC(=O)/C(C#N)=C\c2ccc(Sc3ccccc3)o2)c1. The van der Waals surface area contributed by atoms with Gasteiger partial charge >= 0.3 is 0 Å². The van der Waals surface area contributed by atoms with Crippen LogP contribution in [0.5, 0.6) is 0 Å². The second-order valence-corrected chi connectivity index (χ2v) is 7.15. The van der Waals surface area contributed by atoms with Crippen molar-refractivity contribution in [3.63, 3.8) is 0 Å². The van der Waals surface area contributed by atoms with Gasteiger partial charge in [0.1, 0.15) is 17.4 Å². The van der Waals surface area contributed by atoms with E-state index < -0.39 is 5.91 Å². The van der Waals surface area contributed by atoms with Crippen molar-refractivity contribution in [3.8, 4) is 6.07 Å². The van der Waals surface area contributed by atoms with Gasteiger partial charge in [-0.25, -0.2) is 0 Å². The summed E-state index contributed by atoms with van der Waals surface area (Å²) < 4.78 is 5.71. The quantitative estimate of drug-likeness (QED) is 0.467. The van der Waals surface area contributed by atoms with Crippen molar-refractivity contribution in [1.29, 1.82) is 5.26 Å². The van der Waals surface area contributed by atoms with Crippen molar-refractivity contribution >= 4 is 29.4 Å². The molecule has 1 amide bonds. The summed E-state index contributed by atoms with van der Waals surface area (Å²) in [5.41, 5.74) is 2.74. The molecule has 0 saturated carbocycles. The first-order chi connectivity index (χ1) is 13.0. The van der Waals surface area contributed by atoms with Gasteiger partial charge in [-0.3, -0.25) is 4.79 Å². The van der Waals surface area contributed by atoms with Gasteiger partial charge in [-0.2, -0.15) is 5.26 Å². The molecular formula is C22H18N2O2S. The molecule has 0 aliphatic rings. The van der Waals surface area contributed by atoms with E-state index >= 15 is 0 Å². The van der Waals surface area contributed by atoms with E-state index in [4.69, 9.17) is 4.42 Å². The smallest absolute Gasteiger partial charge is 0.266 e. The first-order valence-electron chi connectivity index (χ1n) is 8.37. The van der Waals surface area contributed by atoms with Crippen LogP contribution >= 0.6 is 11.8 Å². The largest absolute Gasteiger partial charge is 0.450 e. The van der Waals surface area contributed by atoms with Gasteiger partial charge in [-0.15, -0.1) is 0 Å². The zero-order chi connectivity index (χ0) is 19.2. The molecule has 27 heavy (non-hydrogen) atoms. The van der Waals surface area contributed by atoms with E-state index in [1.807, 2.05) is 74.5 Å². The molecule has 1 heterocycles. The molecule has 5 heteroatoms. The fraction of sp³-hybridized carbons (Fsp3) is 0.0909. The van der Waals surface area contributed by atoms with Gasteiger partial charge in [-0.1, -0.05) is 36.0 Å². The van der Waals surface area contributed by atoms with E-state index in [1.165, 1.54) is 17.8 Å². The number of anilines is 1. The van der Waals surface area contributed by atoms with Gasteiger partial charge in [0.15, 0.2) is 5.09 Å². The molecule has 0 radical (unpaired) electrons. The molecule has 4 nitrogen and oxygen atoms in total. The van der Waals surface area contributed by atoms with Crippen LogP contribution in [0.15, 0.2) is 80.6 Å². The average Bonchev–Trinajstić information content (AvgIpc) is 3.06. The lowest BCUT2D eigenvalue weighted by Gasteiger charge is -2.06. The topological polar surface area (TPSA) is 66.0 Å². The van der Waals surface area contributed by atoms with Crippen LogP contribution in [0, 0.1) is 25.2 Å². The van der Waals surface area contributed by atoms with Crippen LogP contribution in [-0.4, -0.2) is 5.91 Å². The molecular weight excluding hydrogens is 356 g/mol. The molecule has 0 unspecified atom stereocenters. The Morgan fingerprint density at radius 2 is 1.78 bits per heavy atom. The van der Waals surface area contributed by atoms with Crippen LogP contribution in [0.4, 0.5) is 5.69 Å². The minimum atomic E-state index is -0.462. The van der Waals surface area contributed by atoms with Crippen molar-refractivity contribution in [2.75, 3.05) is 5.32 Å². The number of aryl methyl sites for hydroxylation is 2. The highest BCUT2D eigenvalue weighted by Gasteiger charge is 2.12. The van der Waals surface area contributed by atoms with E-state index in [0.717, 1.165) is 16.0 Å². The highest BCUT2D eigenvalue weighted by Crippen LogP contribution is 2.29. The lowest BCUT2D eigenvalue weighted by atomic mass is 10.1. The van der Waals surface area contributed by atoms with E-state index in [9.17, 15) is 10.1 Å². The van der Waals surface area contributed by atoms with Crippen LogP contribution in [0.1, 0.15) is 16.9 Å². The van der Waals surface area contributed by atoms with Crippen molar-refractivity contribution in [2.45, 2.75) is 23.8 Å². The number of amides is 1. The first-order valence-corrected chi connectivity index (χ1v) is 9.19. The Labute approximate surface area is 162 Å². The molecule has 0 aliphatic heterocycles. The lowest BCUT2D eigenvalue weighted by molar-refractivity contribution is -0.112. The summed E-state index contributed by atoms with van der Waals surface area (Å²) >= 11 is 1.48. The highest BCUT2D eigenvalue weighted by molar-refractivity contribution is 7.99. The molecule has 0 spiro atoms. The van der Waals surface area contributed by atoms with Gasteiger partial charge in [0.25, 0.3) is 5.91 Å². The minimum Gasteiger partial charge on any atom is -0.450 e. The van der Waals surface area contributed by atoms with Crippen molar-refractivity contribution < 1.29 is 9.21 Å². The number of carbonyl (C=O) groups is 1. The summed E-state index contributed by atoms with van der Waals surface area (Å²) in [4.78, 5) is 13.5. The monoisotopic (exact) mass is 374 g/mol. The maximum absolute atomic E-state index is 12.4. The standard InChI is InChI=1S/C22H18N2O2S/c1-15-10-16(2)12-18(11-15)24-22(25)17(14-23)13-19-8-9-21(26-19)27-20-6-4-3-5-7-20/h3-13H,1-2H3,(H,24,25)/b17-13-. The lowest BCUT2D eigenvalue weighted by Crippen LogP contribution is -2.13. The number of hydrogen-bond acceptors (Lipinski definition) is 4. The number of nitrogens with one attached hydrogen (secondary N) is 1. The summed E-state index contributed by atoms with van der Waals surface area (Å²) in [6.07, 6.45) is 1.45. The molecule has 0 saturated heterocycles. The summed E-state index contributed by atoms with van der Waals surface area (Å²) in [6.45, 7) is 3.91. The number of nitriles is 1. The summed E-state index contributed by atoms with van der Waals surface area (Å²) in [6, 6.07) is 21.1. The van der Waals surface area contributed by atoms with Gasteiger partial charge in [0.05, 0.1) is 0 Å². The third-order valence-electron chi connectivity index (χ3n) is 3.70. The molecule has 3 aromatic rings. The molecule has 0 bridgehead atoms. The fourth-order valence-electron chi connectivity index (χ4n) is 2.61. The van der Waals surface area contributed by atoms with Crippen molar-refractivity contribution in [1.82, 2.24) is 0 Å². The maximum Gasteiger partial charge on any atom is 0.266 e. The number of hydrogen-bond donors (Lipinski definition) is 1. The second kappa shape index (κ2) is 8.43. The van der Waals surface area contributed by atoms with Crippen LogP contribution in [0.25, 0.3) is 6.08 Å². The van der Waals surface area contributed by atoms with E-state index in [1.54, 1.807) is 6.07 Å². The third kappa shape index (κ3) is 5.13.